The van der Waals surface area contributed by atoms with Gasteiger partial charge in [0.25, 0.3) is 0 Å². The molecule has 2 N–H and O–H groups in total. The van der Waals surface area contributed by atoms with Gasteiger partial charge in [-0.2, -0.15) is 0 Å². The van der Waals surface area contributed by atoms with Gasteiger partial charge in [-0.1, -0.05) is 25.5 Å². The van der Waals surface area contributed by atoms with Crippen LogP contribution in [0.5, 0.6) is 0 Å². The van der Waals surface area contributed by atoms with Crippen molar-refractivity contribution in [3.63, 3.8) is 0 Å². The zero-order valence-electron chi connectivity index (χ0n) is 13.2. The molecule has 0 radical (unpaired) electrons. The van der Waals surface area contributed by atoms with Gasteiger partial charge in [0.15, 0.2) is 0 Å². The molecule has 0 saturated heterocycles. The smallest absolute Gasteiger partial charge is 0.224 e. The molecule has 1 aliphatic rings. The number of amides is 1. The van der Waals surface area contributed by atoms with Crippen molar-refractivity contribution in [1.82, 2.24) is 15.3 Å². The molecule has 0 unspecified atom stereocenters. The lowest BCUT2D eigenvalue weighted by molar-refractivity contribution is -0.123. The van der Waals surface area contributed by atoms with Gasteiger partial charge in [-0.3, -0.25) is 9.78 Å². The highest BCUT2D eigenvalue weighted by molar-refractivity contribution is 5.83. The maximum absolute atomic E-state index is 12.2. The molecular weight excluding hydrogens is 264 g/mol. The molecule has 2 rings (SSSR count). The van der Waals surface area contributed by atoms with Crippen LogP contribution < -0.4 is 10.6 Å². The Morgan fingerprint density at radius 3 is 2.71 bits per heavy atom. The summed E-state index contributed by atoms with van der Waals surface area (Å²) in [6.45, 7) is 9.69. The van der Waals surface area contributed by atoms with E-state index in [2.05, 4.69) is 54.4 Å². The second-order valence-electron chi connectivity index (χ2n) is 6.38. The van der Waals surface area contributed by atoms with E-state index < -0.39 is 0 Å². The first-order valence-electron chi connectivity index (χ1n) is 7.35. The van der Waals surface area contributed by atoms with E-state index >= 15 is 0 Å². The number of nitrogens with one attached hydrogen (secondary N) is 2. The number of rotatable bonds is 6. The zero-order chi connectivity index (χ0) is 15.5. The maximum Gasteiger partial charge on any atom is 0.224 e. The summed E-state index contributed by atoms with van der Waals surface area (Å²) < 4.78 is 0. The van der Waals surface area contributed by atoms with Crippen LogP contribution in [0.25, 0.3) is 0 Å². The molecule has 0 aliphatic heterocycles. The van der Waals surface area contributed by atoms with E-state index in [-0.39, 0.29) is 17.2 Å². The van der Waals surface area contributed by atoms with E-state index in [4.69, 9.17) is 0 Å². The fraction of sp³-hybridized carbons (Fsp3) is 0.562. The van der Waals surface area contributed by atoms with Crippen LogP contribution in [0.2, 0.25) is 0 Å². The lowest BCUT2D eigenvalue weighted by atomic mass is 10.1. The molecule has 1 saturated carbocycles. The predicted octanol–water partition coefficient (Wildman–Crippen LogP) is 2.24. The number of anilines is 1. The molecule has 114 valence electrons. The first-order chi connectivity index (χ1) is 9.93. The van der Waals surface area contributed by atoms with Gasteiger partial charge in [0.05, 0.1) is 12.1 Å². The minimum atomic E-state index is 0.0691. The number of carbonyl (C=O) groups excluding carboxylic acids is 1. The van der Waals surface area contributed by atoms with Crippen molar-refractivity contribution in [3.05, 3.63) is 30.2 Å². The van der Waals surface area contributed by atoms with Gasteiger partial charge in [0.1, 0.15) is 5.82 Å². The Morgan fingerprint density at radius 1 is 1.33 bits per heavy atom. The third-order valence-corrected chi connectivity index (χ3v) is 4.00. The minimum absolute atomic E-state index is 0.0691. The summed E-state index contributed by atoms with van der Waals surface area (Å²) in [6.07, 6.45) is 7.14. The summed E-state index contributed by atoms with van der Waals surface area (Å²) in [5.74, 6) is 1.31. The third kappa shape index (κ3) is 3.80. The van der Waals surface area contributed by atoms with E-state index in [9.17, 15) is 4.79 Å². The predicted molar refractivity (Wildman–Crippen MR) is 83.7 cm³/mol. The van der Waals surface area contributed by atoms with Crippen LogP contribution >= 0.6 is 0 Å². The first-order valence-corrected chi connectivity index (χ1v) is 7.35. The number of hydrogen-bond donors (Lipinski definition) is 2. The third-order valence-electron chi connectivity index (χ3n) is 4.00. The Bertz CT molecular complexity index is 520. The molecule has 1 heterocycles. The zero-order valence-corrected chi connectivity index (χ0v) is 13.2. The Kier molecular flexibility index (Phi) is 4.60. The number of nitrogens with zero attached hydrogens (tertiary/aromatic N) is 2. The molecule has 1 aromatic heterocycles. The molecular formula is C16H24N4O. The van der Waals surface area contributed by atoms with Gasteiger partial charge < -0.3 is 10.6 Å². The SMILES string of the molecule is CC(C)=C[C@@H]1[C@H](C(=O)NCCNc2cnccn2)C1(C)C. The minimum Gasteiger partial charge on any atom is -0.367 e. The second kappa shape index (κ2) is 6.24. The Morgan fingerprint density at radius 2 is 2.10 bits per heavy atom. The van der Waals surface area contributed by atoms with Crippen LogP contribution in [-0.2, 0) is 4.79 Å². The van der Waals surface area contributed by atoms with Crippen molar-refractivity contribution in [2.75, 3.05) is 18.4 Å². The average Bonchev–Trinajstić information content (AvgIpc) is 2.96. The van der Waals surface area contributed by atoms with Crippen molar-refractivity contribution in [3.8, 4) is 0 Å². The quantitative estimate of drug-likeness (QED) is 0.622. The number of aromatic nitrogens is 2. The molecule has 2 atom stereocenters. The fourth-order valence-electron chi connectivity index (χ4n) is 2.73. The Balaban J connectivity index is 1.74. The van der Waals surface area contributed by atoms with Crippen molar-refractivity contribution in [1.29, 1.82) is 0 Å². The van der Waals surface area contributed by atoms with E-state index in [1.54, 1.807) is 18.6 Å². The maximum atomic E-state index is 12.2. The van der Waals surface area contributed by atoms with E-state index in [1.807, 2.05) is 0 Å². The lowest BCUT2D eigenvalue weighted by Crippen LogP contribution is -2.31. The molecule has 5 nitrogen and oxygen atoms in total. The standard InChI is InChI=1S/C16H24N4O/c1-11(2)9-12-14(16(12,3)4)15(21)20-8-7-19-13-10-17-5-6-18-13/h5-6,9-10,12,14H,7-8H2,1-4H3,(H,18,19)(H,20,21)/t12-,14-/m1/s1. The highest BCUT2D eigenvalue weighted by atomic mass is 16.2. The summed E-state index contributed by atoms with van der Waals surface area (Å²) in [5, 5.41) is 6.12. The van der Waals surface area contributed by atoms with Gasteiger partial charge in [-0.05, 0) is 25.2 Å². The van der Waals surface area contributed by atoms with Crippen molar-refractivity contribution in [2.24, 2.45) is 17.3 Å². The van der Waals surface area contributed by atoms with Crippen molar-refractivity contribution >= 4 is 11.7 Å². The lowest BCUT2D eigenvalue weighted by Gasteiger charge is -2.07. The fourth-order valence-corrected chi connectivity index (χ4v) is 2.73. The number of hydrogen-bond acceptors (Lipinski definition) is 4. The van der Waals surface area contributed by atoms with Crippen LogP contribution in [-0.4, -0.2) is 29.0 Å². The second-order valence-corrected chi connectivity index (χ2v) is 6.38. The summed E-state index contributed by atoms with van der Waals surface area (Å²) in [4.78, 5) is 20.3. The summed E-state index contributed by atoms with van der Waals surface area (Å²) >= 11 is 0. The molecule has 1 aromatic rings. The monoisotopic (exact) mass is 288 g/mol. The largest absolute Gasteiger partial charge is 0.367 e. The molecule has 5 heteroatoms. The molecule has 21 heavy (non-hydrogen) atoms. The van der Waals surface area contributed by atoms with Crippen LogP contribution in [0.3, 0.4) is 0 Å². The average molecular weight is 288 g/mol. The highest BCUT2D eigenvalue weighted by Gasteiger charge is 2.60. The Hall–Kier alpha value is -1.91. The molecule has 1 aliphatic carbocycles. The van der Waals surface area contributed by atoms with Crippen molar-refractivity contribution < 1.29 is 4.79 Å². The van der Waals surface area contributed by atoms with Gasteiger partial charge in [-0.15, -0.1) is 0 Å². The van der Waals surface area contributed by atoms with Gasteiger partial charge in [0.2, 0.25) is 5.91 Å². The molecule has 0 spiro atoms. The summed E-state index contributed by atoms with van der Waals surface area (Å²) in [6, 6.07) is 0. The normalized spacial score (nSPS) is 22.3. The van der Waals surface area contributed by atoms with Crippen LogP contribution in [0.4, 0.5) is 5.82 Å². The van der Waals surface area contributed by atoms with Gasteiger partial charge in [0, 0.05) is 25.5 Å². The van der Waals surface area contributed by atoms with Crippen LogP contribution in [0, 0.1) is 17.3 Å². The molecule has 1 amide bonds. The molecule has 0 aromatic carbocycles. The van der Waals surface area contributed by atoms with Crippen molar-refractivity contribution in [2.45, 2.75) is 27.7 Å². The van der Waals surface area contributed by atoms with Gasteiger partial charge >= 0.3 is 0 Å². The van der Waals surface area contributed by atoms with Gasteiger partial charge in [-0.25, -0.2) is 4.98 Å². The summed E-state index contributed by atoms with van der Waals surface area (Å²) in [7, 11) is 0. The number of carbonyl (C=O) groups is 1. The topological polar surface area (TPSA) is 66.9 Å². The summed E-state index contributed by atoms with van der Waals surface area (Å²) in [5.41, 5.74) is 1.34. The van der Waals surface area contributed by atoms with Crippen LogP contribution in [0.15, 0.2) is 30.2 Å². The molecule has 1 fully saturated rings. The first kappa shape index (κ1) is 15.5. The van der Waals surface area contributed by atoms with E-state index in [1.165, 1.54) is 5.57 Å². The van der Waals surface area contributed by atoms with E-state index in [0.717, 1.165) is 5.82 Å². The molecule has 0 bridgehead atoms. The van der Waals surface area contributed by atoms with Crippen LogP contribution in [0.1, 0.15) is 27.7 Å². The highest BCUT2D eigenvalue weighted by Crippen LogP contribution is 2.59. The number of allylic oxidation sites excluding steroid dienone is 2. The Labute approximate surface area is 126 Å². The van der Waals surface area contributed by atoms with E-state index in [0.29, 0.717) is 19.0 Å².